The van der Waals surface area contributed by atoms with E-state index in [0.29, 0.717) is 6.04 Å². The summed E-state index contributed by atoms with van der Waals surface area (Å²) in [7, 11) is 0. The minimum Gasteiger partial charge on any atom is -0.310 e. The summed E-state index contributed by atoms with van der Waals surface area (Å²) in [4.78, 5) is 4.26. The maximum atomic E-state index is 4.26. The third-order valence-electron chi connectivity index (χ3n) is 4.18. The van der Waals surface area contributed by atoms with Crippen molar-refractivity contribution in [2.24, 2.45) is 11.8 Å². The Balaban J connectivity index is 1.91. The molecule has 0 aliphatic heterocycles. The lowest BCUT2D eigenvalue weighted by atomic mass is 9.78. The topological polar surface area (TPSA) is 24.9 Å². The maximum Gasteiger partial charge on any atom is 0.0313 e. The Morgan fingerprint density at radius 2 is 2.06 bits per heavy atom. The molecular weight excluding hydrogens is 220 g/mol. The van der Waals surface area contributed by atoms with Crippen LogP contribution < -0.4 is 5.32 Å². The second-order valence-electron chi connectivity index (χ2n) is 6.05. The van der Waals surface area contributed by atoms with Gasteiger partial charge in [0.15, 0.2) is 0 Å². The molecule has 1 N–H and O–H groups in total. The number of hydrogen-bond donors (Lipinski definition) is 1. The molecule has 0 bridgehead atoms. The normalized spacial score (nSPS) is 24.4. The van der Waals surface area contributed by atoms with Crippen LogP contribution in [0.1, 0.15) is 50.7 Å². The zero-order chi connectivity index (χ0) is 13.0. The molecule has 2 nitrogen and oxygen atoms in total. The minimum absolute atomic E-state index is 0.694. The summed E-state index contributed by atoms with van der Waals surface area (Å²) in [5.74, 6) is 1.63. The van der Waals surface area contributed by atoms with Gasteiger partial charge < -0.3 is 5.32 Å². The number of nitrogens with one attached hydrogen (secondary N) is 1. The van der Waals surface area contributed by atoms with Gasteiger partial charge in [-0.3, -0.25) is 4.98 Å². The van der Waals surface area contributed by atoms with Crippen molar-refractivity contribution in [3.05, 3.63) is 29.6 Å². The van der Waals surface area contributed by atoms with Crippen LogP contribution in [-0.2, 0) is 6.54 Å². The van der Waals surface area contributed by atoms with E-state index in [1.807, 2.05) is 12.4 Å². The average Bonchev–Trinajstić information content (AvgIpc) is 2.37. The largest absolute Gasteiger partial charge is 0.310 e. The van der Waals surface area contributed by atoms with Crippen molar-refractivity contribution in [1.82, 2.24) is 10.3 Å². The summed E-state index contributed by atoms with van der Waals surface area (Å²) in [6.45, 7) is 7.79. The number of aryl methyl sites for hydroxylation is 1. The van der Waals surface area contributed by atoms with Gasteiger partial charge in [0.05, 0.1) is 0 Å². The van der Waals surface area contributed by atoms with E-state index < -0.39 is 0 Å². The van der Waals surface area contributed by atoms with E-state index in [4.69, 9.17) is 0 Å². The molecule has 0 spiro atoms. The molecule has 2 unspecified atom stereocenters. The molecule has 1 fully saturated rings. The van der Waals surface area contributed by atoms with Crippen LogP contribution in [0.4, 0.5) is 0 Å². The van der Waals surface area contributed by atoms with Crippen LogP contribution in [0, 0.1) is 18.8 Å². The van der Waals surface area contributed by atoms with Crippen LogP contribution in [0.3, 0.4) is 0 Å². The predicted octanol–water partition coefficient (Wildman–Crippen LogP) is 3.69. The first-order valence-electron chi connectivity index (χ1n) is 7.30. The number of hydrogen-bond acceptors (Lipinski definition) is 2. The highest BCUT2D eigenvalue weighted by Gasteiger charge is 2.26. The van der Waals surface area contributed by atoms with Gasteiger partial charge in [-0.15, -0.1) is 0 Å². The summed E-state index contributed by atoms with van der Waals surface area (Å²) in [6.07, 6.45) is 9.41. The monoisotopic (exact) mass is 246 g/mol. The molecule has 1 aliphatic rings. The number of rotatable bonds is 4. The van der Waals surface area contributed by atoms with E-state index in [9.17, 15) is 0 Å². The second-order valence-corrected chi connectivity index (χ2v) is 6.05. The molecule has 2 rings (SSSR count). The Bertz CT molecular complexity index is 373. The van der Waals surface area contributed by atoms with Gasteiger partial charge in [-0.25, -0.2) is 0 Å². The summed E-state index contributed by atoms with van der Waals surface area (Å²) in [6, 6.07) is 2.92. The van der Waals surface area contributed by atoms with Gasteiger partial charge in [0.25, 0.3) is 0 Å². The highest BCUT2D eigenvalue weighted by atomic mass is 14.9. The smallest absolute Gasteiger partial charge is 0.0313 e. The predicted molar refractivity (Wildman–Crippen MR) is 76.4 cm³/mol. The zero-order valence-corrected chi connectivity index (χ0v) is 11.9. The molecule has 1 aromatic rings. The number of nitrogens with zero attached hydrogens (tertiary/aromatic N) is 1. The fraction of sp³-hybridized carbons (Fsp3) is 0.688. The summed E-state index contributed by atoms with van der Waals surface area (Å²) >= 11 is 0. The van der Waals surface area contributed by atoms with Gasteiger partial charge >= 0.3 is 0 Å². The third kappa shape index (κ3) is 3.55. The fourth-order valence-electron chi connectivity index (χ4n) is 3.17. The van der Waals surface area contributed by atoms with Crippen molar-refractivity contribution in [3.8, 4) is 0 Å². The van der Waals surface area contributed by atoms with Crippen LogP contribution >= 0.6 is 0 Å². The standard InChI is InChI=1S/C16H26N2/c1-12(2)15-6-4-5-7-16(15)18-11-14-8-13(3)9-17-10-14/h8-10,12,15-16,18H,4-7,11H2,1-3H3. The van der Waals surface area contributed by atoms with E-state index in [0.717, 1.165) is 18.4 Å². The van der Waals surface area contributed by atoms with Crippen molar-refractivity contribution in [3.63, 3.8) is 0 Å². The minimum atomic E-state index is 0.694. The first-order valence-corrected chi connectivity index (χ1v) is 7.30. The molecule has 1 aliphatic carbocycles. The molecule has 1 heterocycles. The van der Waals surface area contributed by atoms with Gasteiger partial charge in [-0.1, -0.05) is 32.8 Å². The van der Waals surface area contributed by atoms with Gasteiger partial charge in [0.1, 0.15) is 0 Å². The van der Waals surface area contributed by atoms with Crippen molar-refractivity contribution >= 4 is 0 Å². The van der Waals surface area contributed by atoms with Gasteiger partial charge in [-0.2, -0.15) is 0 Å². The molecule has 2 atom stereocenters. The van der Waals surface area contributed by atoms with Crippen LogP contribution in [0.25, 0.3) is 0 Å². The Morgan fingerprint density at radius 3 is 2.78 bits per heavy atom. The molecule has 0 radical (unpaired) electrons. The van der Waals surface area contributed by atoms with Crippen molar-refractivity contribution in [2.45, 2.75) is 59.0 Å². The molecule has 1 saturated carbocycles. The fourth-order valence-corrected chi connectivity index (χ4v) is 3.17. The van der Waals surface area contributed by atoms with Gasteiger partial charge in [-0.05, 0) is 42.7 Å². The lowest BCUT2D eigenvalue weighted by molar-refractivity contribution is 0.204. The molecule has 2 heteroatoms. The molecule has 1 aromatic heterocycles. The average molecular weight is 246 g/mol. The second kappa shape index (κ2) is 6.33. The number of pyridine rings is 1. The molecular formula is C16H26N2. The summed E-state index contributed by atoms with van der Waals surface area (Å²) in [5, 5.41) is 3.76. The van der Waals surface area contributed by atoms with Gasteiger partial charge in [0, 0.05) is 25.0 Å². The van der Waals surface area contributed by atoms with Crippen LogP contribution in [0.2, 0.25) is 0 Å². The van der Waals surface area contributed by atoms with Crippen LogP contribution in [-0.4, -0.2) is 11.0 Å². The first kappa shape index (κ1) is 13.5. The Labute approximate surface area is 111 Å². The first-order chi connectivity index (χ1) is 8.66. The maximum absolute atomic E-state index is 4.26. The van der Waals surface area contributed by atoms with Crippen molar-refractivity contribution < 1.29 is 0 Å². The summed E-state index contributed by atoms with van der Waals surface area (Å²) < 4.78 is 0. The van der Waals surface area contributed by atoms with E-state index in [2.05, 4.69) is 37.1 Å². The zero-order valence-electron chi connectivity index (χ0n) is 11.9. The Morgan fingerprint density at radius 1 is 1.28 bits per heavy atom. The van der Waals surface area contributed by atoms with Crippen molar-refractivity contribution in [2.75, 3.05) is 0 Å². The molecule has 0 aromatic carbocycles. The Hall–Kier alpha value is -0.890. The molecule has 0 saturated heterocycles. The van der Waals surface area contributed by atoms with E-state index >= 15 is 0 Å². The van der Waals surface area contributed by atoms with Crippen LogP contribution in [0.15, 0.2) is 18.5 Å². The number of aromatic nitrogens is 1. The molecule has 18 heavy (non-hydrogen) atoms. The summed E-state index contributed by atoms with van der Waals surface area (Å²) in [5.41, 5.74) is 2.56. The Kier molecular flexibility index (Phi) is 4.76. The lowest BCUT2D eigenvalue weighted by Crippen LogP contribution is -2.40. The highest BCUT2D eigenvalue weighted by Crippen LogP contribution is 2.30. The van der Waals surface area contributed by atoms with Crippen molar-refractivity contribution in [1.29, 1.82) is 0 Å². The van der Waals surface area contributed by atoms with E-state index in [1.165, 1.54) is 36.8 Å². The van der Waals surface area contributed by atoms with Gasteiger partial charge in [0.2, 0.25) is 0 Å². The molecule has 0 amide bonds. The van der Waals surface area contributed by atoms with E-state index in [1.54, 1.807) is 0 Å². The van der Waals surface area contributed by atoms with E-state index in [-0.39, 0.29) is 0 Å². The highest BCUT2D eigenvalue weighted by molar-refractivity contribution is 5.16. The molecule has 100 valence electrons. The lowest BCUT2D eigenvalue weighted by Gasteiger charge is -2.35. The van der Waals surface area contributed by atoms with Crippen LogP contribution in [0.5, 0.6) is 0 Å². The SMILES string of the molecule is Cc1cncc(CNC2CCCCC2C(C)C)c1. The third-order valence-corrected chi connectivity index (χ3v) is 4.18. The quantitative estimate of drug-likeness (QED) is 0.876.